The topological polar surface area (TPSA) is 104 Å². The maximum absolute atomic E-state index is 11.6. The number of amides is 1. The molecule has 0 unspecified atom stereocenters. The average molecular weight is 257 g/mol. The lowest BCUT2D eigenvalue weighted by Gasteiger charge is -2.13. The van der Waals surface area contributed by atoms with Crippen LogP contribution in [0.4, 0.5) is 0 Å². The summed E-state index contributed by atoms with van der Waals surface area (Å²) in [5.74, 6) is -2.79. The number of aliphatic carboxylic acids is 2. The molecule has 0 heterocycles. The lowest BCUT2D eigenvalue weighted by molar-refractivity contribution is -0.142. The number of hydrogen-bond donors (Lipinski definition) is 3. The first-order valence-corrected chi connectivity index (χ1v) is 5.80. The summed E-state index contributed by atoms with van der Waals surface area (Å²) in [6.07, 6.45) is 2.94. The molecule has 0 aliphatic carbocycles. The second-order valence-corrected chi connectivity index (χ2v) is 3.97. The van der Waals surface area contributed by atoms with E-state index in [1.165, 1.54) is 0 Å². The highest BCUT2D eigenvalue weighted by molar-refractivity contribution is 5.95. The lowest BCUT2D eigenvalue weighted by atomic mass is 10.1. The van der Waals surface area contributed by atoms with Crippen LogP contribution in [-0.4, -0.2) is 34.1 Å². The Balaban J connectivity index is 4.44. The first-order chi connectivity index (χ1) is 8.38. The number of carboxylic acid groups (broad SMARTS) is 2. The largest absolute Gasteiger partial charge is 0.481 e. The van der Waals surface area contributed by atoms with Crippen LogP contribution in [0.5, 0.6) is 0 Å². The van der Waals surface area contributed by atoms with Gasteiger partial charge in [0.15, 0.2) is 0 Å². The number of carbonyl (C=O) groups excluding carboxylic acids is 1. The Bertz CT molecular complexity index is 348. The molecule has 0 aromatic heterocycles. The van der Waals surface area contributed by atoms with Crippen molar-refractivity contribution in [2.75, 3.05) is 0 Å². The molecule has 6 heteroatoms. The van der Waals surface area contributed by atoms with E-state index in [0.29, 0.717) is 5.57 Å². The van der Waals surface area contributed by atoms with Crippen LogP contribution in [-0.2, 0) is 14.4 Å². The summed E-state index contributed by atoms with van der Waals surface area (Å²) in [5.41, 5.74) is 0.443. The Morgan fingerprint density at radius 1 is 1.28 bits per heavy atom. The molecule has 1 amide bonds. The first-order valence-electron chi connectivity index (χ1n) is 5.80. The van der Waals surface area contributed by atoms with Crippen molar-refractivity contribution >= 4 is 17.8 Å². The Kier molecular flexibility index (Phi) is 7.42. The second kappa shape index (κ2) is 8.27. The van der Waals surface area contributed by atoms with Gasteiger partial charge in [0.2, 0.25) is 5.91 Å². The molecule has 0 aromatic rings. The Hall–Kier alpha value is -1.85. The van der Waals surface area contributed by atoms with Crippen molar-refractivity contribution in [2.45, 2.75) is 45.6 Å². The van der Waals surface area contributed by atoms with E-state index in [-0.39, 0.29) is 12.8 Å². The molecule has 6 nitrogen and oxygen atoms in total. The summed E-state index contributed by atoms with van der Waals surface area (Å²) in [5, 5.41) is 19.7. The molecule has 0 saturated heterocycles. The third kappa shape index (κ3) is 6.67. The van der Waals surface area contributed by atoms with Crippen LogP contribution >= 0.6 is 0 Å². The smallest absolute Gasteiger partial charge is 0.326 e. The normalized spacial score (nSPS) is 12.9. The number of allylic oxidation sites excluding steroid dienone is 1. The Morgan fingerprint density at radius 2 is 1.89 bits per heavy atom. The van der Waals surface area contributed by atoms with Crippen LogP contribution < -0.4 is 5.32 Å². The summed E-state index contributed by atoms with van der Waals surface area (Å²) >= 11 is 0. The zero-order chi connectivity index (χ0) is 14.1. The number of carboxylic acids is 2. The standard InChI is InChI=1S/C12H19NO5/c1-3-4-5-8(2)11(16)13-9(12(17)18)6-7-10(14)15/h5,9H,3-4,6-7H2,1-2H3,(H,13,16)(H,14,15)(H,17,18)/t9-/m0/s1. The summed E-state index contributed by atoms with van der Waals surface area (Å²) in [6, 6.07) is -1.17. The molecule has 3 N–H and O–H groups in total. The van der Waals surface area contributed by atoms with E-state index >= 15 is 0 Å². The fourth-order valence-corrected chi connectivity index (χ4v) is 1.25. The van der Waals surface area contributed by atoms with Gasteiger partial charge in [0, 0.05) is 12.0 Å². The maximum atomic E-state index is 11.6. The predicted octanol–water partition coefficient (Wildman–Crippen LogP) is 1.17. The van der Waals surface area contributed by atoms with Gasteiger partial charge in [0.1, 0.15) is 6.04 Å². The maximum Gasteiger partial charge on any atom is 0.326 e. The van der Waals surface area contributed by atoms with Gasteiger partial charge in [0.25, 0.3) is 0 Å². The predicted molar refractivity (Wildman–Crippen MR) is 65.1 cm³/mol. The van der Waals surface area contributed by atoms with Crippen LogP contribution in [0.2, 0.25) is 0 Å². The molecule has 1 atom stereocenters. The molecule has 0 radical (unpaired) electrons. The monoisotopic (exact) mass is 257 g/mol. The molecule has 0 spiro atoms. The SMILES string of the molecule is CCCC=C(C)C(=O)N[C@@H](CCC(=O)O)C(=O)O. The van der Waals surface area contributed by atoms with Gasteiger partial charge in [-0.2, -0.15) is 0 Å². The minimum atomic E-state index is -1.23. The number of rotatable bonds is 8. The third-order valence-electron chi connectivity index (χ3n) is 2.35. The van der Waals surface area contributed by atoms with E-state index in [9.17, 15) is 14.4 Å². The van der Waals surface area contributed by atoms with E-state index in [2.05, 4.69) is 5.32 Å². The van der Waals surface area contributed by atoms with Crippen molar-refractivity contribution in [3.05, 3.63) is 11.6 Å². The Morgan fingerprint density at radius 3 is 2.33 bits per heavy atom. The van der Waals surface area contributed by atoms with Gasteiger partial charge in [0.05, 0.1) is 0 Å². The third-order valence-corrected chi connectivity index (χ3v) is 2.35. The minimum Gasteiger partial charge on any atom is -0.481 e. The summed E-state index contributed by atoms with van der Waals surface area (Å²) < 4.78 is 0. The summed E-state index contributed by atoms with van der Waals surface area (Å²) in [6.45, 7) is 3.57. The highest BCUT2D eigenvalue weighted by atomic mass is 16.4. The highest BCUT2D eigenvalue weighted by Crippen LogP contribution is 2.02. The van der Waals surface area contributed by atoms with Crippen LogP contribution in [0.15, 0.2) is 11.6 Å². The molecule has 0 aromatic carbocycles. The van der Waals surface area contributed by atoms with Crippen LogP contribution in [0.3, 0.4) is 0 Å². The van der Waals surface area contributed by atoms with Gasteiger partial charge in [-0.25, -0.2) is 4.79 Å². The minimum absolute atomic E-state index is 0.128. The fourth-order valence-electron chi connectivity index (χ4n) is 1.25. The number of nitrogens with one attached hydrogen (secondary N) is 1. The molecular formula is C12H19NO5. The van der Waals surface area contributed by atoms with Gasteiger partial charge in [-0.05, 0) is 19.8 Å². The van der Waals surface area contributed by atoms with Gasteiger partial charge in [-0.3, -0.25) is 9.59 Å². The Labute approximate surface area is 106 Å². The molecule has 0 bridgehead atoms. The van der Waals surface area contributed by atoms with Gasteiger partial charge in [-0.15, -0.1) is 0 Å². The molecule has 0 saturated carbocycles. The van der Waals surface area contributed by atoms with E-state index < -0.39 is 23.9 Å². The van der Waals surface area contributed by atoms with E-state index in [1.54, 1.807) is 13.0 Å². The van der Waals surface area contributed by atoms with Crippen molar-refractivity contribution < 1.29 is 24.6 Å². The average Bonchev–Trinajstić information content (AvgIpc) is 2.30. The van der Waals surface area contributed by atoms with Crippen LogP contribution in [0, 0.1) is 0 Å². The van der Waals surface area contributed by atoms with Crippen molar-refractivity contribution in [1.29, 1.82) is 0 Å². The van der Waals surface area contributed by atoms with E-state index in [0.717, 1.165) is 12.8 Å². The van der Waals surface area contributed by atoms with Crippen LogP contribution in [0.25, 0.3) is 0 Å². The van der Waals surface area contributed by atoms with E-state index in [1.807, 2.05) is 6.92 Å². The zero-order valence-electron chi connectivity index (χ0n) is 10.6. The van der Waals surface area contributed by atoms with Gasteiger partial charge < -0.3 is 15.5 Å². The van der Waals surface area contributed by atoms with Gasteiger partial charge >= 0.3 is 11.9 Å². The molecule has 0 fully saturated rings. The summed E-state index contributed by atoms with van der Waals surface area (Å²) in [7, 11) is 0. The first kappa shape index (κ1) is 16.1. The molecular weight excluding hydrogens is 238 g/mol. The molecule has 0 rings (SSSR count). The van der Waals surface area contributed by atoms with Crippen molar-refractivity contribution in [3.63, 3.8) is 0 Å². The molecule has 102 valence electrons. The van der Waals surface area contributed by atoms with E-state index in [4.69, 9.17) is 10.2 Å². The van der Waals surface area contributed by atoms with Crippen molar-refractivity contribution in [2.24, 2.45) is 0 Å². The number of hydrogen-bond acceptors (Lipinski definition) is 3. The molecule has 0 aliphatic heterocycles. The zero-order valence-corrected chi connectivity index (χ0v) is 10.6. The fraction of sp³-hybridized carbons (Fsp3) is 0.583. The molecule has 0 aliphatic rings. The number of unbranched alkanes of at least 4 members (excludes halogenated alkanes) is 1. The van der Waals surface area contributed by atoms with Crippen LogP contribution in [0.1, 0.15) is 39.5 Å². The van der Waals surface area contributed by atoms with Gasteiger partial charge in [-0.1, -0.05) is 19.4 Å². The highest BCUT2D eigenvalue weighted by Gasteiger charge is 2.21. The number of carbonyl (C=O) groups is 3. The molecule has 18 heavy (non-hydrogen) atoms. The summed E-state index contributed by atoms with van der Waals surface area (Å²) in [4.78, 5) is 32.8. The second-order valence-electron chi connectivity index (χ2n) is 3.97. The quantitative estimate of drug-likeness (QED) is 0.566. The lowest BCUT2D eigenvalue weighted by Crippen LogP contribution is -2.41. The van der Waals surface area contributed by atoms with Crippen molar-refractivity contribution in [3.8, 4) is 0 Å². The van der Waals surface area contributed by atoms with Crippen molar-refractivity contribution in [1.82, 2.24) is 5.32 Å².